The topological polar surface area (TPSA) is 112 Å². The van der Waals surface area contributed by atoms with Crippen molar-refractivity contribution in [3.63, 3.8) is 0 Å². The Balaban J connectivity index is 3.17. The number of esters is 2. The van der Waals surface area contributed by atoms with Crippen LogP contribution < -0.4 is 10.4 Å². The Labute approximate surface area is 150 Å². The first-order valence-electron chi connectivity index (χ1n) is 7.54. The average Bonchev–Trinajstić information content (AvgIpc) is 2.64. The molecule has 1 rings (SSSR count). The Morgan fingerprint density at radius 1 is 1.12 bits per heavy atom. The summed E-state index contributed by atoms with van der Waals surface area (Å²) >= 11 is 0. The van der Waals surface area contributed by atoms with Crippen LogP contribution in [0.25, 0.3) is 6.08 Å². The molecular weight excluding hydrogens is 344 g/mol. The molecule has 8 nitrogen and oxygen atoms in total. The summed E-state index contributed by atoms with van der Waals surface area (Å²) in [6, 6.07) is 0. The Kier molecular flexibility index (Phi) is 8.59. The van der Waals surface area contributed by atoms with Crippen molar-refractivity contribution in [2.45, 2.75) is 20.1 Å². The zero-order valence-corrected chi connectivity index (χ0v) is 14.7. The minimum absolute atomic E-state index is 0.0125. The van der Waals surface area contributed by atoms with Crippen LogP contribution in [-0.2, 0) is 32.3 Å². The van der Waals surface area contributed by atoms with E-state index >= 15 is 0 Å². The number of allylic oxidation sites excluding steroid dienone is 3. The fourth-order valence-corrected chi connectivity index (χ4v) is 1.91. The van der Waals surface area contributed by atoms with Crippen LogP contribution in [0.3, 0.4) is 0 Å². The lowest BCUT2D eigenvalue weighted by atomic mass is 10.1. The molecule has 0 atom stereocenters. The summed E-state index contributed by atoms with van der Waals surface area (Å²) in [5.41, 5.74) is -0.767. The van der Waals surface area contributed by atoms with Crippen LogP contribution in [0.1, 0.15) is 23.8 Å². The van der Waals surface area contributed by atoms with Crippen LogP contribution in [-0.4, -0.2) is 31.3 Å². The van der Waals surface area contributed by atoms with Gasteiger partial charge in [0.15, 0.2) is 0 Å². The SMILES string of the molecule is C/C=C/C=C/C(=O)OCc1c(OC)c(CO)c(/C=C/C(=O)OC)oc1=O. The number of ether oxygens (including phenoxy) is 3. The van der Waals surface area contributed by atoms with Gasteiger partial charge < -0.3 is 23.7 Å². The van der Waals surface area contributed by atoms with Crippen LogP contribution in [0, 0.1) is 0 Å². The zero-order valence-electron chi connectivity index (χ0n) is 14.7. The zero-order chi connectivity index (χ0) is 19.5. The second-order valence-corrected chi connectivity index (χ2v) is 4.75. The van der Waals surface area contributed by atoms with E-state index in [0.29, 0.717) is 0 Å². The minimum Gasteiger partial charge on any atom is -0.496 e. The Bertz CT molecular complexity index is 783. The highest BCUT2D eigenvalue weighted by atomic mass is 16.5. The molecular formula is C18H20O8. The van der Waals surface area contributed by atoms with Gasteiger partial charge in [0.05, 0.1) is 26.4 Å². The minimum atomic E-state index is -0.825. The van der Waals surface area contributed by atoms with E-state index in [2.05, 4.69) is 4.74 Å². The molecule has 0 fully saturated rings. The number of hydrogen-bond acceptors (Lipinski definition) is 8. The Hall–Kier alpha value is -3.13. The fourth-order valence-electron chi connectivity index (χ4n) is 1.91. The summed E-state index contributed by atoms with van der Waals surface area (Å²) in [6.07, 6.45) is 8.26. The molecule has 140 valence electrons. The lowest BCUT2D eigenvalue weighted by Crippen LogP contribution is -2.16. The van der Waals surface area contributed by atoms with Gasteiger partial charge in [-0.15, -0.1) is 0 Å². The van der Waals surface area contributed by atoms with E-state index in [-0.39, 0.29) is 22.6 Å². The average molecular weight is 364 g/mol. The molecule has 1 heterocycles. The molecule has 1 aromatic heterocycles. The number of hydrogen-bond donors (Lipinski definition) is 1. The molecule has 0 aliphatic heterocycles. The largest absolute Gasteiger partial charge is 0.496 e. The van der Waals surface area contributed by atoms with Crippen molar-refractivity contribution in [2.24, 2.45) is 0 Å². The van der Waals surface area contributed by atoms with Gasteiger partial charge in [-0.05, 0) is 13.0 Å². The van der Waals surface area contributed by atoms with Gasteiger partial charge in [-0.2, -0.15) is 0 Å². The third kappa shape index (κ3) is 5.75. The summed E-state index contributed by atoms with van der Waals surface area (Å²) < 4.78 is 19.7. The van der Waals surface area contributed by atoms with E-state index in [1.165, 1.54) is 32.4 Å². The highest BCUT2D eigenvalue weighted by molar-refractivity contribution is 5.86. The fraction of sp³-hybridized carbons (Fsp3) is 0.278. The molecule has 0 radical (unpaired) electrons. The van der Waals surface area contributed by atoms with Crippen LogP contribution in [0.15, 0.2) is 39.6 Å². The number of carbonyl (C=O) groups excluding carboxylic acids is 2. The van der Waals surface area contributed by atoms with Gasteiger partial charge in [-0.25, -0.2) is 14.4 Å². The van der Waals surface area contributed by atoms with Crippen LogP contribution in [0.2, 0.25) is 0 Å². The third-order valence-electron chi connectivity index (χ3n) is 3.12. The molecule has 0 spiro atoms. The first-order valence-corrected chi connectivity index (χ1v) is 7.54. The van der Waals surface area contributed by atoms with Crippen molar-refractivity contribution >= 4 is 18.0 Å². The van der Waals surface area contributed by atoms with Crippen LogP contribution >= 0.6 is 0 Å². The number of methoxy groups -OCH3 is 2. The molecule has 26 heavy (non-hydrogen) atoms. The van der Waals surface area contributed by atoms with E-state index < -0.39 is 30.8 Å². The second kappa shape index (κ2) is 10.7. The van der Waals surface area contributed by atoms with Crippen molar-refractivity contribution in [1.82, 2.24) is 0 Å². The van der Waals surface area contributed by atoms with Gasteiger partial charge in [-0.1, -0.05) is 18.2 Å². The quantitative estimate of drug-likeness (QED) is 0.420. The number of rotatable bonds is 8. The maximum Gasteiger partial charge on any atom is 0.346 e. The summed E-state index contributed by atoms with van der Waals surface area (Å²) in [6.45, 7) is 0.854. The normalized spacial score (nSPS) is 11.4. The van der Waals surface area contributed by atoms with Gasteiger partial charge in [0.25, 0.3) is 0 Å². The summed E-state index contributed by atoms with van der Waals surface area (Å²) in [7, 11) is 2.48. The lowest BCUT2D eigenvalue weighted by molar-refractivity contribution is -0.139. The van der Waals surface area contributed by atoms with Crippen molar-refractivity contribution in [2.75, 3.05) is 14.2 Å². The van der Waals surface area contributed by atoms with Gasteiger partial charge in [0, 0.05) is 12.2 Å². The molecule has 1 aromatic rings. The van der Waals surface area contributed by atoms with Crippen molar-refractivity contribution in [3.05, 3.63) is 57.7 Å². The van der Waals surface area contributed by atoms with E-state index in [1.54, 1.807) is 19.1 Å². The maximum atomic E-state index is 12.2. The van der Waals surface area contributed by atoms with E-state index in [1.807, 2.05) is 0 Å². The molecule has 0 amide bonds. The third-order valence-corrected chi connectivity index (χ3v) is 3.12. The van der Waals surface area contributed by atoms with Crippen LogP contribution in [0.4, 0.5) is 0 Å². The number of carbonyl (C=O) groups is 2. The molecule has 0 aromatic carbocycles. The number of aliphatic hydroxyl groups excluding tert-OH is 1. The predicted octanol–water partition coefficient (Wildman–Crippen LogP) is 1.50. The molecule has 0 aliphatic carbocycles. The Morgan fingerprint density at radius 3 is 2.42 bits per heavy atom. The van der Waals surface area contributed by atoms with Gasteiger partial charge >= 0.3 is 17.6 Å². The van der Waals surface area contributed by atoms with Gasteiger partial charge in [0.1, 0.15) is 23.7 Å². The standard InChI is InChI=1S/C18H20O8/c1-4-5-6-7-16(21)25-11-13-17(24-3)12(10-19)14(26-18(13)22)8-9-15(20)23-2/h4-9,19H,10-11H2,1-3H3/b5-4+,7-6+,9-8+. The predicted molar refractivity (Wildman–Crippen MR) is 92.3 cm³/mol. The molecule has 0 saturated carbocycles. The molecule has 0 unspecified atom stereocenters. The summed E-state index contributed by atoms with van der Waals surface area (Å²) in [5.74, 6) is -1.38. The second-order valence-electron chi connectivity index (χ2n) is 4.75. The lowest BCUT2D eigenvalue weighted by Gasteiger charge is -2.12. The van der Waals surface area contributed by atoms with E-state index in [4.69, 9.17) is 13.9 Å². The summed E-state index contributed by atoms with van der Waals surface area (Å²) in [5, 5.41) is 9.57. The van der Waals surface area contributed by atoms with Crippen molar-refractivity contribution in [3.8, 4) is 5.75 Å². The highest BCUT2D eigenvalue weighted by Gasteiger charge is 2.20. The molecule has 8 heteroatoms. The maximum absolute atomic E-state index is 12.2. The molecule has 0 bridgehead atoms. The first kappa shape index (κ1) is 20.9. The van der Waals surface area contributed by atoms with Gasteiger partial charge in [0.2, 0.25) is 0 Å². The smallest absolute Gasteiger partial charge is 0.346 e. The van der Waals surface area contributed by atoms with Crippen LogP contribution in [0.5, 0.6) is 5.75 Å². The van der Waals surface area contributed by atoms with Crippen molar-refractivity contribution in [1.29, 1.82) is 0 Å². The molecule has 1 N–H and O–H groups in total. The first-order chi connectivity index (χ1) is 12.5. The van der Waals surface area contributed by atoms with Crippen molar-refractivity contribution < 1.29 is 33.3 Å². The molecule has 0 saturated heterocycles. The highest BCUT2D eigenvalue weighted by Crippen LogP contribution is 2.26. The van der Waals surface area contributed by atoms with E-state index in [0.717, 1.165) is 6.08 Å². The molecule has 0 aliphatic rings. The monoisotopic (exact) mass is 364 g/mol. The van der Waals surface area contributed by atoms with E-state index in [9.17, 15) is 19.5 Å². The Morgan fingerprint density at radius 2 is 1.85 bits per heavy atom. The summed E-state index contributed by atoms with van der Waals surface area (Å²) in [4.78, 5) is 35.0. The van der Waals surface area contributed by atoms with Gasteiger partial charge in [-0.3, -0.25) is 0 Å². The number of aliphatic hydroxyl groups is 1.